The third-order valence-electron chi connectivity index (χ3n) is 1.09. The van der Waals surface area contributed by atoms with E-state index in [1.54, 1.807) is 0 Å². The van der Waals surface area contributed by atoms with Gasteiger partial charge in [-0.2, -0.15) is 0 Å². The van der Waals surface area contributed by atoms with E-state index in [0.717, 1.165) is 6.08 Å². The fourth-order valence-corrected chi connectivity index (χ4v) is 0.528. The van der Waals surface area contributed by atoms with E-state index in [-0.39, 0.29) is 13.2 Å². The average Bonchev–Trinajstić information content (AvgIpc) is 2.21. The van der Waals surface area contributed by atoms with Crippen LogP contribution in [0.25, 0.3) is 0 Å². The molecule has 6 nitrogen and oxygen atoms in total. The first-order chi connectivity index (χ1) is 7.06. The zero-order valence-corrected chi connectivity index (χ0v) is 7.80. The molecule has 82 valence electrons. The van der Waals surface area contributed by atoms with Gasteiger partial charge in [0.15, 0.2) is 0 Å². The Bertz CT molecular complexity index is 291. The molecule has 0 radical (unpaired) electrons. The lowest BCUT2D eigenvalue weighted by atomic mass is 10.5. The van der Waals surface area contributed by atoms with Gasteiger partial charge in [0.2, 0.25) is 0 Å². The summed E-state index contributed by atoms with van der Waals surface area (Å²) >= 11 is 0. The number of hydrogen-bond donors (Lipinski definition) is 0. The van der Waals surface area contributed by atoms with Crippen LogP contribution in [0, 0.1) is 0 Å². The Labute approximate surface area is 85.8 Å². The maximum atomic E-state index is 10.7. The summed E-state index contributed by atoms with van der Waals surface area (Å²) in [5.74, 6) is -2.98. The molecule has 0 atom stereocenters. The number of hydrogen-bond acceptors (Lipinski definition) is 6. The molecule has 0 aliphatic carbocycles. The number of ether oxygens (including phenoxy) is 2. The summed E-state index contributed by atoms with van der Waals surface area (Å²) in [4.78, 5) is 31.1. The fraction of sp³-hybridized carbons (Fsp3) is 0.222. The standard InChI is InChI=1S/C9H10O6/c1-2-8(12)14-5-6-15-9(13)4-3-7(10)11/h2-4H,1,5-6H2,(H,10,11)/p-1/b4-3-. The first kappa shape index (κ1) is 12.9. The molecule has 15 heavy (non-hydrogen) atoms. The van der Waals surface area contributed by atoms with Gasteiger partial charge in [-0.15, -0.1) is 0 Å². The van der Waals surface area contributed by atoms with Crippen LogP contribution in [-0.2, 0) is 23.9 Å². The molecule has 0 N–H and O–H groups in total. The molecule has 0 bridgehead atoms. The van der Waals surface area contributed by atoms with Gasteiger partial charge < -0.3 is 19.4 Å². The normalized spacial score (nSPS) is 9.60. The number of rotatable bonds is 6. The van der Waals surface area contributed by atoms with Gasteiger partial charge >= 0.3 is 11.9 Å². The quantitative estimate of drug-likeness (QED) is 0.305. The Morgan fingerprint density at radius 2 is 1.60 bits per heavy atom. The second-order valence-corrected chi connectivity index (χ2v) is 2.19. The summed E-state index contributed by atoms with van der Waals surface area (Å²) in [5, 5.41) is 9.88. The Kier molecular flexibility index (Phi) is 6.28. The number of carbonyl (C=O) groups is 3. The second-order valence-electron chi connectivity index (χ2n) is 2.19. The Morgan fingerprint density at radius 1 is 1.07 bits per heavy atom. The zero-order valence-electron chi connectivity index (χ0n) is 7.80. The lowest BCUT2D eigenvalue weighted by Crippen LogP contribution is -2.19. The summed E-state index contributed by atoms with van der Waals surface area (Å²) in [6.45, 7) is 2.89. The smallest absolute Gasteiger partial charge is 0.330 e. The number of aliphatic carboxylic acids is 1. The van der Waals surface area contributed by atoms with E-state index in [2.05, 4.69) is 16.1 Å². The molecule has 0 saturated carbocycles. The van der Waals surface area contributed by atoms with E-state index in [1.807, 2.05) is 0 Å². The maximum Gasteiger partial charge on any atom is 0.330 e. The molecule has 0 spiro atoms. The first-order valence-corrected chi connectivity index (χ1v) is 3.91. The van der Waals surface area contributed by atoms with E-state index in [9.17, 15) is 19.5 Å². The molecule has 0 aliphatic heterocycles. The largest absolute Gasteiger partial charge is 0.545 e. The molecule has 0 aliphatic rings. The molecule has 0 saturated heterocycles. The van der Waals surface area contributed by atoms with E-state index >= 15 is 0 Å². The van der Waals surface area contributed by atoms with Crippen LogP contribution in [0.3, 0.4) is 0 Å². The van der Waals surface area contributed by atoms with Crippen LogP contribution < -0.4 is 5.11 Å². The van der Waals surface area contributed by atoms with Crippen LogP contribution in [0.2, 0.25) is 0 Å². The van der Waals surface area contributed by atoms with E-state index in [4.69, 9.17) is 0 Å². The van der Waals surface area contributed by atoms with Gasteiger partial charge in [0.1, 0.15) is 13.2 Å². The van der Waals surface area contributed by atoms with E-state index in [1.165, 1.54) is 0 Å². The highest BCUT2D eigenvalue weighted by molar-refractivity contribution is 5.89. The number of esters is 2. The van der Waals surface area contributed by atoms with Crippen molar-refractivity contribution in [1.29, 1.82) is 0 Å². The minimum atomic E-state index is -1.50. The zero-order chi connectivity index (χ0) is 11.7. The molecule has 0 aromatic carbocycles. The summed E-state index contributed by atoms with van der Waals surface area (Å²) in [5.41, 5.74) is 0. The predicted molar refractivity (Wildman–Crippen MR) is 46.3 cm³/mol. The van der Waals surface area contributed by atoms with Crippen molar-refractivity contribution in [2.24, 2.45) is 0 Å². The topological polar surface area (TPSA) is 92.7 Å². The van der Waals surface area contributed by atoms with Gasteiger partial charge in [-0.1, -0.05) is 6.58 Å². The Hall–Kier alpha value is -2.11. The minimum absolute atomic E-state index is 0.115. The van der Waals surface area contributed by atoms with Crippen LogP contribution >= 0.6 is 0 Å². The van der Waals surface area contributed by atoms with Gasteiger partial charge in [-0.05, 0) is 6.08 Å². The van der Waals surface area contributed by atoms with Crippen molar-refractivity contribution in [3.8, 4) is 0 Å². The van der Waals surface area contributed by atoms with E-state index in [0.29, 0.717) is 12.2 Å². The van der Waals surface area contributed by atoms with Crippen molar-refractivity contribution >= 4 is 17.9 Å². The molecular weight excluding hydrogens is 204 g/mol. The van der Waals surface area contributed by atoms with Crippen LogP contribution in [0.15, 0.2) is 24.8 Å². The second kappa shape index (κ2) is 7.31. The van der Waals surface area contributed by atoms with Gasteiger partial charge in [0.05, 0.1) is 5.97 Å². The molecule has 0 rings (SSSR count). The van der Waals surface area contributed by atoms with Gasteiger partial charge in [0.25, 0.3) is 0 Å². The molecule has 0 fully saturated rings. The summed E-state index contributed by atoms with van der Waals surface area (Å²) in [7, 11) is 0. The third kappa shape index (κ3) is 8.23. The molecule has 0 unspecified atom stereocenters. The Morgan fingerprint density at radius 3 is 2.07 bits per heavy atom. The predicted octanol–water partition coefficient (Wildman–Crippen LogP) is -1.44. The van der Waals surface area contributed by atoms with Crippen LogP contribution in [-0.4, -0.2) is 31.1 Å². The maximum absolute atomic E-state index is 10.7. The average molecular weight is 213 g/mol. The Balaban J connectivity index is 3.60. The van der Waals surface area contributed by atoms with Crippen molar-refractivity contribution in [2.75, 3.05) is 13.2 Å². The summed E-state index contributed by atoms with van der Waals surface area (Å²) in [6, 6.07) is 0. The van der Waals surface area contributed by atoms with Gasteiger partial charge in [-0.3, -0.25) is 0 Å². The van der Waals surface area contributed by atoms with E-state index < -0.39 is 17.9 Å². The lowest BCUT2D eigenvalue weighted by Gasteiger charge is -2.02. The van der Waals surface area contributed by atoms with Crippen molar-refractivity contribution in [1.82, 2.24) is 0 Å². The van der Waals surface area contributed by atoms with Crippen molar-refractivity contribution in [2.45, 2.75) is 0 Å². The van der Waals surface area contributed by atoms with Gasteiger partial charge in [0, 0.05) is 12.2 Å². The van der Waals surface area contributed by atoms with Crippen molar-refractivity contribution in [3.63, 3.8) is 0 Å². The fourth-order valence-electron chi connectivity index (χ4n) is 0.528. The number of carboxylic acid groups (broad SMARTS) is 1. The number of carboxylic acids is 1. The van der Waals surface area contributed by atoms with Gasteiger partial charge in [-0.25, -0.2) is 9.59 Å². The SMILES string of the molecule is C=CC(=O)OCCOC(=O)/C=C\C(=O)[O-]. The number of carbonyl (C=O) groups excluding carboxylic acids is 3. The van der Waals surface area contributed by atoms with Crippen LogP contribution in [0.5, 0.6) is 0 Å². The lowest BCUT2D eigenvalue weighted by molar-refractivity contribution is -0.297. The highest BCUT2D eigenvalue weighted by Gasteiger charge is 1.98. The molecule has 0 amide bonds. The van der Waals surface area contributed by atoms with Crippen molar-refractivity contribution < 1.29 is 29.0 Å². The minimum Gasteiger partial charge on any atom is -0.545 e. The molecule has 0 aromatic heterocycles. The molecule has 6 heteroatoms. The molecule has 0 heterocycles. The first-order valence-electron chi connectivity index (χ1n) is 3.91. The molecule has 0 aromatic rings. The van der Waals surface area contributed by atoms with Crippen LogP contribution in [0.1, 0.15) is 0 Å². The monoisotopic (exact) mass is 213 g/mol. The highest BCUT2D eigenvalue weighted by atomic mass is 16.6. The highest BCUT2D eigenvalue weighted by Crippen LogP contribution is 1.84. The summed E-state index contributed by atoms with van der Waals surface area (Å²) < 4.78 is 8.94. The third-order valence-corrected chi connectivity index (χ3v) is 1.09. The molecular formula is C9H9O6-. The summed E-state index contributed by atoms with van der Waals surface area (Å²) in [6.07, 6.45) is 2.21. The van der Waals surface area contributed by atoms with Crippen LogP contribution in [0.4, 0.5) is 0 Å². The van der Waals surface area contributed by atoms with Crippen molar-refractivity contribution in [3.05, 3.63) is 24.8 Å².